The van der Waals surface area contributed by atoms with E-state index in [1.165, 1.54) is 10.6 Å². The smallest absolute Gasteiger partial charge is 0.251 e. The summed E-state index contributed by atoms with van der Waals surface area (Å²) < 4.78 is 25.4. The number of fused-ring (bicyclic) bond motifs is 1. The van der Waals surface area contributed by atoms with Crippen molar-refractivity contribution in [3.05, 3.63) is 65.2 Å². The van der Waals surface area contributed by atoms with Crippen LogP contribution in [0.2, 0.25) is 0 Å². The SMILES string of the molecule is CC(NC(=O)c1ccc2c(c1)CC(C)N2S(C)(=O)=O)c1ccccc1. The monoisotopic (exact) mass is 358 g/mol. The molecule has 25 heavy (non-hydrogen) atoms. The lowest BCUT2D eigenvalue weighted by Gasteiger charge is -2.22. The van der Waals surface area contributed by atoms with E-state index >= 15 is 0 Å². The molecule has 1 aliphatic rings. The zero-order valence-electron chi connectivity index (χ0n) is 14.6. The van der Waals surface area contributed by atoms with Crippen molar-refractivity contribution in [3.63, 3.8) is 0 Å². The molecule has 1 N–H and O–H groups in total. The standard InChI is InChI=1S/C19H22N2O3S/c1-13-11-17-12-16(9-10-18(17)21(13)25(3,23)24)19(22)20-14(2)15-7-5-4-6-8-15/h4-10,12-14H,11H2,1-3H3,(H,20,22). The minimum atomic E-state index is -3.32. The van der Waals surface area contributed by atoms with Crippen molar-refractivity contribution in [2.45, 2.75) is 32.4 Å². The van der Waals surface area contributed by atoms with Crippen LogP contribution in [0.15, 0.2) is 48.5 Å². The number of nitrogens with zero attached hydrogens (tertiary/aromatic N) is 1. The maximum Gasteiger partial charge on any atom is 0.251 e. The Morgan fingerprint density at radius 3 is 2.52 bits per heavy atom. The molecule has 6 heteroatoms. The van der Waals surface area contributed by atoms with Gasteiger partial charge in [-0.3, -0.25) is 9.10 Å². The van der Waals surface area contributed by atoms with Crippen LogP contribution in [-0.2, 0) is 16.4 Å². The number of nitrogens with one attached hydrogen (secondary N) is 1. The molecule has 1 heterocycles. The zero-order chi connectivity index (χ0) is 18.2. The first-order valence-electron chi connectivity index (χ1n) is 8.25. The van der Waals surface area contributed by atoms with E-state index in [1.807, 2.05) is 44.2 Å². The van der Waals surface area contributed by atoms with E-state index in [0.717, 1.165) is 11.1 Å². The lowest BCUT2D eigenvalue weighted by molar-refractivity contribution is 0.0940. The summed E-state index contributed by atoms with van der Waals surface area (Å²) in [7, 11) is -3.32. The van der Waals surface area contributed by atoms with E-state index in [1.54, 1.807) is 18.2 Å². The van der Waals surface area contributed by atoms with Crippen LogP contribution in [0.4, 0.5) is 5.69 Å². The number of anilines is 1. The van der Waals surface area contributed by atoms with Gasteiger partial charge in [0, 0.05) is 11.6 Å². The fourth-order valence-electron chi connectivity index (χ4n) is 3.35. The molecule has 132 valence electrons. The number of hydrogen-bond donors (Lipinski definition) is 1. The fourth-order valence-corrected chi connectivity index (χ4v) is 4.62. The molecule has 5 nitrogen and oxygen atoms in total. The number of hydrogen-bond acceptors (Lipinski definition) is 3. The third-order valence-electron chi connectivity index (χ3n) is 4.50. The zero-order valence-corrected chi connectivity index (χ0v) is 15.4. The largest absolute Gasteiger partial charge is 0.346 e. The minimum Gasteiger partial charge on any atom is -0.346 e. The molecule has 2 unspecified atom stereocenters. The molecule has 2 atom stereocenters. The van der Waals surface area contributed by atoms with Crippen molar-refractivity contribution in [2.24, 2.45) is 0 Å². The molecule has 2 aromatic rings. The quantitative estimate of drug-likeness (QED) is 0.914. The second-order valence-electron chi connectivity index (χ2n) is 6.56. The molecular formula is C19H22N2O3S. The summed E-state index contributed by atoms with van der Waals surface area (Å²) in [5, 5.41) is 2.99. The molecule has 0 fully saturated rings. The highest BCUT2D eigenvalue weighted by atomic mass is 32.2. The number of amides is 1. The molecule has 1 amide bonds. The van der Waals surface area contributed by atoms with Crippen molar-refractivity contribution in [1.29, 1.82) is 0 Å². The summed E-state index contributed by atoms with van der Waals surface area (Å²) in [6, 6.07) is 14.7. The highest BCUT2D eigenvalue weighted by molar-refractivity contribution is 7.92. The molecular weight excluding hydrogens is 336 g/mol. The molecule has 0 bridgehead atoms. The Hall–Kier alpha value is -2.34. The maximum absolute atomic E-state index is 12.5. The third kappa shape index (κ3) is 3.54. The Balaban J connectivity index is 1.81. The third-order valence-corrected chi connectivity index (χ3v) is 5.77. The predicted molar refractivity (Wildman–Crippen MR) is 99.3 cm³/mol. The van der Waals surface area contributed by atoms with E-state index < -0.39 is 10.0 Å². The molecule has 1 aliphatic heterocycles. The Morgan fingerprint density at radius 2 is 1.88 bits per heavy atom. The number of carbonyl (C=O) groups is 1. The van der Waals surface area contributed by atoms with Gasteiger partial charge in [-0.05, 0) is 49.6 Å². The Bertz CT molecular complexity index is 894. The van der Waals surface area contributed by atoms with Crippen molar-refractivity contribution < 1.29 is 13.2 Å². The maximum atomic E-state index is 12.5. The summed E-state index contributed by atoms with van der Waals surface area (Å²) in [5.74, 6) is -0.162. The number of sulfonamides is 1. The van der Waals surface area contributed by atoms with Gasteiger partial charge in [-0.15, -0.1) is 0 Å². The van der Waals surface area contributed by atoms with Crippen molar-refractivity contribution >= 4 is 21.6 Å². The lowest BCUT2D eigenvalue weighted by Crippen LogP contribution is -2.34. The second kappa shape index (κ2) is 6.52. The van der Waals surface area contributed by atoms with Gasteiger partial charge in [0.1, 0.15) is 0 Å². The molecule has 0 saturated carbocycles. The van der Waals surface area contributed by atoms with E-state index in [2.05, 4.69) is 5.32 Å². The number of carbonyl (C=O) groups excluding carboxylic acids is 1. The van der Waals surface area contributed by atoms with Gasteiger partial charge in [0.25, 0.3) is 5.91 Å². The summed E-state index contributed by atoms with van der Waals surface area (Å²) in [5.41, 5.74) is 3.14. The average Bonchev–Trinajstić information content (AvgIpc) is 2.90. The average molecular weight is 358 g/mol. The number of benzene rings is 2. The Morgan fingerprint density at radius 1 is 1.20 bits per heavy atom. The number of rotatable bonds is 4. The van der Waals surface area contributed by atoms with Gasteiger partial charge < -0.3 is 5.32 Å². The van der Waals surface area contributed by atoms with Crippen LogP contribution in [0.3, 0.4) is 0 Å². The van der Waals surface area contributed by atoms with Crippen LogP contribution in [-0.4, -0.2) is 26.6 Å². The van der Waals surface area contributed by atoms with Crippen LogP contribution in [0, 0.1) is 0 Å². The predicted octanol–water partition coefficient (Wildman–Crippen LogP) is 2.89. The lowest BCUT2D eigenvalue weighted by atomic mass is 10.0. The molecule has 3 rings (SSSR count). The van der Waals surface area contributed by atoms with Gasteiger partial charge in [0.15, 0.2) is 0 Å². The van der Waals surface area contributed by atoms with Crippen molar-refractivity contribution in [3.8, 4) is 0 Å². The Kier molecular flexibility index (Phi) is 4.56. The molecule has 2 aromatic carbocycles. The van der Waals surface area contributed by atoms with E-state index in [9.17, 15) is 13.2 Å². The first-order chi connectivity index (χ1) is 11.8. The highest BCUT2D eigenvalue weighted by Gasteiger charge is 2.32. The molecule has 0 saturated heterocycles. The molecule has 0 radical (unpaired) electrons. The van der Waals surface area contributed by atoms with E-state index in [0.29, 0.717) is 17.7 Å². The second-order valence-corrected chi connectivity index (χ2v) is 8.42. The van der Waals surface area contributed by atoms with Gasteiger partial charge in [-0.1, -0.05) is 30.3 Å². The molecule has 0 spiro atoms. The summed E-state index contributed by atoms with van der Waals surface area (Å²) >= 11 is 0. The van der Waals surface area contributed by atoms with Crippen molar-refractivity contribution in [1.82, 2.24) is 5.32 Å². The molecule has 0 aromatic heterocycles. The van der Waals surface area contributed by atoms with Gasteiger partial charge in [-0.25, -0.2) is 8.42 Å². The van der Waals surface area contributed by atoms with Gasteiger partial charge >= 0.3 is 0 Å². The normalized spacial score (nSPS) is 17.9. The minimum absolute atomic E-state index is 0.103. The van der Waals surface area contributed by atoms with E-state index in [-0.39, 0.29) is 18.0 Å². The van der Waals surface area contributed by atoms with Gasteiger partial charge in [-0.2, -0.15) is 0 Å². The van der Waals surface area contributed by atoms with Gasteiger partial charge in [0.05, 0.1) is 18.0 Å². The van der Waals surface area contributed by atoms with E-state index in [4.69, 9.17) is 0 Å². The summed E-state index contributed by atoms with van der Waals surface area (Å²) in [6.07, 6.45) is 1.82. The van der Waals surface area contributed by atoms with Gasteiger partial charge in [0.2, 0.25) is 10.0 Å². The van der Waals surface area contributed by atoms with Crippen LogP contribution in [0.1, 0.15) is 41.4 Å². The van der Waals surface area contributed by atoms with Crippen LogP contribution < -0.4 is 9.62 Å². The molecule has 0 aliphatic carbocycles. The summed E-state index contributed by atoms with van der Waals surface area (Å²) in [6.45, 7) is 3.81. The highest BCUT2D eigenvalue weighted by Crippen LogP contribution is 2.34. The topological polar surface area (TPSA) is 66.5 Å². The summed E-state index contributed by atoms with van der Waals surface area (Å²) in [4.78, 5) is 12.5. The fraction of sp³-hybridized carbons (Fsp3) is 0.316. The van der Waals surface area contributed by atoms with Crippen molar-refractivity contribution in [2.75, 3.05) is 10.6 Å². The Labute approximate surface area is 148 Å². The van der Waals surface area contributed by atoms with Crippen LogP contribution in [0.25, 0.3) is 0 Å². The van der Waals surface area contributed by atoms with Crippen LogP contribution in [0.5, 0.6) is 0 Å². The first kappa shape index (κ1) is 17.5. The van der Waals surface area contributed by atoms with Crippen LogP contribution >= 0.6 is 0 Å². The first-order valence-corrected chi connectivity index (χ1v) is 10.1.